The van der Waals surface area contributed by atoms with Gasteiger partial charge in [0.2, 0.25) is 0 Å². The van der Waals surface area contributed by atoms with Gasteiger partial charge in [0.05, 0.1) is 27.6 Å². The van der Waals surface area contributed by atoms with Crippen molar-refractivity contribution in [2.45, 2.75) is 83.0 Å². The highest BCUT2D eigenvalue weighted by atomic mass is 15.3. The normalized spacial score (nSPS) is 18.0. The van der Waals surface area contributed by atoms with E-state index in [1.165, 1.54) is 77.5 Å². The SMILES string of the molecule is CC1(C)N=C(c2ccccc2)N(c2cccc(-c3ccc4c(c3)C3(c5ccccc5-c5ccccc53)c3c-4ccc4cc(-c5cccc(N6C(c7ccccc7)=NC(C)(C)C6(C)C)c5)ccc34)c2)C1(C)C. The minimum absolute atomic E-state index is 0.261. The average Bonchev–Trinajstić information content (AvgIpc) is 3.99. The Hall–Kier alpha value is -7.82. The second-order valence-electron chi connectivity index (χ2n) is 22.1. The maximum Gasteiger partial charge on any atom is 0.136 e. The number of nitrogens with zero attached hydrogens (tertiary/aromatic N) is 4. The molecule has 4 heteroatoms. The van der Waals surface area contributed by atoms with Gasteiger partial charge in [0.25, 0.3) is 0 Å². The monoisotopic (exact) mass is 918 g/mol. The molecule has 4 aliphatic rings. The van der Waals surface area contributed by atoms with Crippen LogP contribution in [0.15, 0.2) is 216 Å². The second kappa shape index (κ2) is 15.1. The molecule has 0 fully saturated rings. The average molecular weight is 919 g/mol. The second-order valence-corrected chi connectivity index (χ2v) is 22.1. The van der Waals surface area contributed by atoms with Crippen LogP contribution in [0.2, 0.25) is 0 Å². The Labute approximate surface area is 418 Å². The van der Waals surface area contributed by atoms with Crippen LogP contribution < -0.4 is 9.80 Å². The molecular weight excluding hydrogens is 861 g/mol. The van der Waals surface area contributed by atoms with Crippen molar-refractivity contribution in [3.05, 3.63) is 240 Å². The molecule has 346 valence electrons. The summed E-state index contributed by atoms with van der Waals surface area (Å²) in [6, 6.07) is 76.9. The minimum Gasteiger partial charge on any atom is -0.318 e. The molecule has 2 aliphatic carbocycles. The minimum atomic E-state index is -0.526. The maximum absolute atomic E-state index is 5.39. The van der Waals surface area contributed by atoms with Gasteiger partial charge in [-0.15, -0.1) is 0 Å². The van der Waals surface area contributed by atoms with Gasteiger partial charge in [0.15, 0.2) is 0 Å². The molecule has 0 atom stereocenters. The van der Waals surface area contributed by atoms with E-state index < -0.39 is 5.41 Å². The van der Waals surface area contributed by atoms with Crippen molar-refractivity contribution in [1.82, 2.24) is 0 Å². The van der Waals surface area contributed by atoms with Crippen molar-refractivity contribution in [1.29, 1.82) is 0 Å². The predicted octanol–water partition coefficient (Wildman–Crippen LogP) is 16.2. The first-order valence-corrected chi connectivity index (χ1v) is 25.2. The van der Waals surface area contributed by atoms with E-state index in [1.54, 1.807) is 0 Å². The number of benzene rings is 9. The van der Waals surface area contributed by atoms with Crippen molar-refractivity contribution < 1.29 is 0 Å². The molecule has 0 amide bonds. The molecule has 0 saturated heterocycles. The van der Waals surface area contributed by atoms with E-state index in [1.807, 2.05) is 0 Å². The van der Waals surface area contributed by atoms with Crippen LogP contribution in [-0.2, 0) is 5.41 Å². The van der Waals surface area contributed by atoms with Crippen LogP contribution in [0.3, 0.4) is 0 Å². The quantitative estimate of drug-likeness (QED) is 0.166. The molecule has 9 aromatic rings. The highest BCUT2D eigenvalue weighted by molar-refractivity contribution is 6.14. The first-order chi connectivity index (χ1) is 34.2. The summed E-state index contributed by atoms with van der Waals surface area (Å²) in [4.78, 5) is 15.7. The first-order valence-electron chi connectivity index (χ1n) is 25.2. The van der Waals surface area contributed by atoms with Crippen molar-refractivity contribution in [2.24, 2.45) is 9.98 Å². The van der Waals surface area contributed by atoms with Crippen molar-refractivity contribution in [3.8, 4) is 44.5 Å². The Kier molecular flexibility index (Phi) is 9.19. The number of hydrogen-bond donors (Lipinski definition) is 0. The number of aliphatic imine (C=N–C) groups is 2. The van der Waals surface area contributed by atoms with Gasteiger partial charge in [-0.3, -0.25) is 9.98 Å². The Morgan fingerprint density at radius 3 is 1.28 bits per heavy atom. The van der Waals surface area contributed by atoms with Crippen LogP contribution in [0.25, 0.3) is 55.3 Å². The molecule has 0 radical (unpaired) electrons. The summed E-state index contributed by atoms with van der Waals surface area (Å²) in [6.45, 7) is 18.3. The van der Waals surface area contributed by atoms with Gasteiger partial charge in [-0.2, -0.15) is 0 Å². The molecule has 9 aromatic carbocycles. The summed E-state index contributed by atoms with van der Waals surface area (Å²) in [6.07, 6.45) is 0. The van der Waals surface area contributed by atoms with Crippen LogP contribution in [0, 0.1) is 0 Å². The molecule has 0 N–H and O–H groups in total. The molecule has 2 heterocycles. The number of fused-ring (bicyclic) bond motifs is 12. The lowest BCUT2D eigenvalue weighted by molar-refractivity contribution is 0.338. The fourth-order valence-corrected chi connectivity index (χ4v) is 12.4. The topological polar surface area (TPSA) is 31.2 Å². The Morgan fingerprint density at radius 1 is 0.324 bits per heavy atom. The van der Waals surface area contributed by atoms with Gasteiger partial charge in [-0.1, -0.05) is 170 Å². The molecule has 0 saturated carbocycles. The smallest absolute Gasteiger partial charge is 0.136 e. The third-order valence-electron chi connectivity index (χ3n) is 17.3. The molecule has 0 aromatic heterocycles. The fraction of sp³-hybridized carbons (Fsp3) is 0.194. The van der Waals surface area contributed by atoms with E-state index in [2.05, 4.69) is 271 Å². The van der Waals surface area contributed by atoms with Crippen molar-refractivity contribution in [3.63, 3.8) is 0 Å². The molecular formula is C67H58N4. The van der Waals surface area contributed by atoms with E-state index in [-0.39, 0.29) is 22.2 Å². The maximum atomic E-state index is 5.39. The molecule has 0 bridgehead atoms. The van der Waals surface area contributed by atoms with Gasteiger partial charge in [-0.25, -0.2) is 0 Å². The fourth-order valence-electron chi connectivity index (χ4n) is 12.4. The van der Waals surface area contributed by atoms with Gasteiger partial charge in [0, 0.05) is 22.5 Å². The number of amidine groups is 2. The molecule has 4 nitrogen and oxygen atoms in total. The zero-order valence-corrected chi connectivity index (χ0v) is 41.9. The van der Waals surface area contributed by atoms with Crippen LogP contribution in [0.1, 0.15) is 88.8 Å². The molecule has 0 unspecified atom stereocenters. The highest BCUT2D eigenvalue weighted by Gasteiger charge is 2.54. The number of hydrogen-bond acceptors (Lipinski definition) is 4. The Morgan fingerprint density at radius 2 is 0.746 bits per heavy atom. The van der Waals surface area contributed by atoms with E-state index in [0.29, 0.717) is 0 Å². The summed E-state index contributed by atoms with van der Waals surface area (Å²) in [5.41, 5.74) is 18.2. The number of rotatable bonds is 6. The van der Waals surface area contributed by atoms with Crippen LogP contribution in [-0.4, -0.2) is 33.8 Å². The Balaban J connectivity index is 0.958. The van der Waals surface area contributed by atoms with Gasteiger partial charge in [0.1, 0.15) is 11.7 Å². The zero-order chi connectivity index (χ0) is 48.7. The lowest BCUT2D eigenvalue weighted by Gasteiger charge is -2.41. The van der Waals surface area contributed by atoms with Crippen molar-refractivity contribution in [2.75, 3.05) is 9.80 Å². The standard InChI is InChI=1S/C67H58N4/c1-63(2)65(5,6)70(61(68-63)43-21-11-9-12-22-43)50-27-19-25-45(40-50)47-33-36-52-49(39-47)35-38-56-55-37-34-48(42-59(55)67(60(52)56)57-31-17-15-29-53(57)54-30-16-18-32-58(54)67)46-26-20-28-51(41-46)71-62(44-23-13-10-14-24-44)69-64(3,4)66(71,7)8/h9-42H,1-8H3. The van der Waals surface area contributed by atoms with E-state index in [4.69, 9.17) is 9.98 Å². The van der Waals surface area contributed by atoms with E-state index in [0.717, 1.165) is 34.2 Å². The zero-order valence-electron chi connectivity index (χ0n) is 41.9. The van der Waals surface area contributed by atoms with Crippen LogP contribution in [0.5, 0.6) is 0 Å². The van der Waals surface area contributed by atoms with Crippen LogP contribution >= 0.6 is 0 Å². The largest absolute Gasteiger partial charge is 0.318 e. The van der Waals surface area contributed by atoms with Crippen molar-refractivity contribution >= 4 is 33.8 Å². The highest BCUT2D eigenvalue weighted by Crippen LogP contribution is 2.64. The summed E-state index contributed by atoms with van der Waals surface area (Å²) >= 11 is 0. The van der Waals surface area contributed by atoms with E-state index >= 15 is 0 Å². The molecule has 13 rings (SSSR count). The van der Waals surface area contributed by atoms with Gasteiger partial charge < -0.3 is 9.80 Å². The first kappa shape index (κ1) is 43.2. The summed E-state index contributed by atoms with van der Waals surface area (Å²) < 4.78 is 0. The molecule has 1 spiro atoms. The lowest BCUT2D eigenvalue weighted by atomic mass is 9.69. The third-order valence-corrected chi connectivity index (χ3v) is 17.3. The predicted molar refractivity (Wildman–Crippen MR) is 298 cm³/mol. The summed E-state index contributed by atoms with van der Waals surface area (Å²) in [5, 5.41) is 2.51. The third kappa shape index (κ3) is 6.03. The lowest BCUT2D eigenvalue weighted by Crippen LogP contribution is -2.53. The Bertz CT molecular complexity index is 3680. The summed E-state index contributed by atoms with van der Waals surface area (Å²) in [5.74, 6) is 2.02. The van der Waals surface area contributed by atoms with Crippen LogP contribution in [0.4, 0.5) is 11.4 Å². The molecule has 71 heavy (non-hydrogen) atoms. The van der Waals surface area contributed by atoms with E-state index in [9.17, 15) is 0 Å². The number of anilines is 2. The van der Waals surface area contributed by atoms with Gasteiger partial charge >= 0.3 is 0 Å². The summed E-state index contributed by atoms with van der Waals surface area (Å²) in [7, 11) is 0. The molecule has 2 aliphatic heterocycles. The van der Waals surface area contributed by atoms with Gasteiger partial charge in [-0.05, 0) is 169 Å².